The fraction of sp³-hybridized carbons (Fsp3) is 0.143. The number of hydrogen-bond donors (Lipinski definition) is 2. The lowest BCUT2D eigenvalue weighted by Crippen LogP contribution is -2.16. The first-order valence-electron chi connectivity index (χ1n) is 3.39. The van der Waals surface area contributed by atoms with Gasteiger partial charge in [-0.15, -0.1) is 0 Å². The zero-order valence-corrected chi connectivity index (χ0v) is 6.94. The molecule has 0 saturated carbocycles. The fourth-order valence-corrected chi connectivity index (χ4v) is 0.883. The van der Waals surface area contributed by atoms with E-state index in [0.717, 1.165) is 0 Å². The number of ether oxygens (including phenoxy) is 1. The second kappa shape index (κ2) is 3.34. The number of rotatable bonds is 2. The minimum Gasteiger partial charge on any atom is -0.480 e. The molecule has 1 rings (SSSR count). The second-order valence-corrected chi connectivity index (χ2v) is 2.32. The summed E-state index contributed by atoms with van der Waals surface area (Å²) in [5.74, 6) is -1.14. The largest absolute Gasteiger partial charge is 0.480 e. The fourth-order valence-electron chi connectivity index (χ4n) is 0.883. The van der Waals surface area contributed by atoms with Gasteiger partial charge in [-0.2, -0.15) is 0 Å². The summed E-state index contributed by atoms with van der Waals surface area (Å²) >= 11 is 0. The lowest BCUT2D eigenvalue weighted by molar-refractivity contribution is 0.0697. The van der Waals surface area contributed by atoms with Gasteiger partial charge in [0.15, 0.2) is 0 Å². The van der Waals surface area contributed by atoms with Crippen LogP contribution in [0.15, 0.2) is 6.07 Å². The van der Waals surface area contributed by atoms with E-state index < -0.39 is 5.97 Å². The molecule has 0 aliphatic heterocycles. The van der Waals surface area contributed by atoms with Crippen molar-refractivity contribution in [3.05, 3.63) is 11.6 Å². The zero-order chi connectivity index (χ0) is 10.0. The first-order chi connectivity index (χ1) is 6.06. The average molecular weight is 178 g/mol. The summed E-state index contributed by atoms with van der Waals surface area (Å²) in [6, 6.07) is 1.18. The summed E-state index contributed by atoms with van der Waals surface area (Å²) in [4.78, 5) is 14.3. The van der Waals surface area contributed by atoms with Gasteiger partial charge in [-0.05, 0) is 11.7 Å². The van der Waals surface area contributed by atoms with Crippen LogP contribution in [0.5, 0.6) is 5.88 Å². The number of nitrogens with two attached hydrogens (primary N) is 1. The molecule has 0 aliphatic rings. The highest BCUT2D eigenvalue weighted by molar-refractivity contribution is 6.31. The van der Waals surface area contributed by atoms with Gasteiger partial charge in [-0.1, -0.05) is 0 Å². The molecule has 0 bridgehead atoms. The van der Waals surface area contributed by atoms with Gasteiger partial charge < -0.3 is 15.6 Å². The summed E-state index contributed by atoms with van der Waals surface area (Å²) in [6.07, 6.45) is 0. The summed E-state index contributed by atoms with van der Waals surface area (Å²) in [5.41, 5.74) is 5.37. The van der Waals surface area contributed by atoms with E-state index in [4.69, 9.17) is 23.4 Å². The molecule has 66 valence electrons. The maximum absolute atomic E-state index is 10.6. The summed E-state index contributed by atoms with van der Waals surface area (Å²) in [6.45, 7) is 0. The number of carboxylic acids is 1. The summed E-state index contributed by atoms with van der Waals surface area (Å²) < 4.78 is 4.74. The van der Waals surface area contributed by atoms with E-state index in [1.54, 1.807) is 0 Å². The van der Waals surface area contributed by atoms with E-state index >= 15 is 0 Å². The van der Waals surface area contributed by atoms with Crippen molar-refractivity contribution in [1.29, 1.82) is 0 Å². The molecule has 0 aromatic carbocycles. The Morgan fingerprint density at radius 3 is 2.85 bits per heavy atom. The lowest BCUT2D eigenvalue weighted by Gasteiger charge is -2.07. The van der Waals surface area contributed by atoms with Crippen LogP contribution in [0.4, 0.5) is 5.69 Å². The predicted octanol–water partition coefficient (Wildman–Crippen LogP) is -0.836. The van der Waals surface area contributed by atoms with E-state index in [1.807, 2.05) is 0 Å². The molecule has 0 saturated heterocycles. The smallest absolute Gasteiger partial charge is 0.338 e. The molecule has 1 heterocycles. The van der Waals surface area contributed by atoms with Gasteiger partial charge in [0, 0.05) is 0 Å². The number of nitrogens with zero attached hydrogens (tertiary/aromatic N) is 1. The molecule has 1 aromatic rings. The Bertz CT molecular complexity index is 354. The topological polar surface area (TPSA) is 85.4 Å². The van der Waals surface area contributed by atoms with Crippen LogP contribution in [0, 0.1) is 0 Å². The van der Waals surface area contributed by atoms with Crippen molar-refractivity contribution >= 4 is 25.1 Å². The quantitative estimate of drug-likeness (QED) is 0.577. The number of methoxy groups -OCH3 is 1. The van der Waals surface area contributed by atoms with Gasteiger partial charge in [-0.3, -0.25) is 0 Å². The third-order valence-electron chi connectivity index (χ3n) is 1.47. The van der Waals surface area contributed by atoms with Crippen LogP contribution in [0.3, 0.4) is 0 Å². The zero-order valence-electron chi connectivity index (χ0n) is 6.94. The monoisotopic (exact) mass is 178 g/mol. The molecular formula is C7H7BN2O3. The number of anilines is 1. The summed E-state index contributed by atoms with van der Waals surface area (Å²) in [5, 5.41) is 8.69. The highest BCUT2D eigenvalue weighted by Gasteiger charge is 2.13. The number of carboxylic acid groups (broad SMARTS) is 1. The standard InChI is InChI=1S/C7H7BN2O3/c1-13-6-5(9)3(7(11)12)2-4(8)10-6/h2H,9H2,1H3,(H,11,12). The molecule has 0 amide bonds. The van der Waals surface area contributed by atoms with E-state index in [-0.39, 0.29) is 22.7 Å². The van der Waals surface area contributed by atoms with Gasteiger partial charge in [-0.25, -0.2) is 9.78 Å². The number of nitrogen functional groups attached to an aromatic ring is 1. The predicted molar refractivity (Wildman–Crippen MR) is 47.5 cm³/mol. The lowest BCUT2D eigenvalue weighted by atomic mass is 10.0. The minimum atomic E-state index is -1.16. The molecule has 0 fully saturated rings. The molecule has 3 N–H and O–H groups in total. The number of carbonyl (C=O) groups is 1. The van der Waals surface area contributed by atoms with Crippen LogP contribution < -0.4 is 16.1 Å². The average Bonchev–Trinajstić information content (AvgIpc) is 2.08. The van der Waals surface area contributed by atoms with E-state index in [9.17, 15) is 4.79 Å². The Hall–Kier alpha value is -1.72. The van der Waals surface area contributed by atoms with Gasteiger partial charge >= 0.3 is 5.97 Å². The Morgan fingerprint density at radius 2 is 2.38 bits per heavy atom. The first kappa shape index (κ1) is 9.37. The molecule has 0 unspecified atom stereocenters. The Labute approximate surface area is 75.9 Å². The third kappa shape index (κ3) is 1.72. The molecule has 2 radical (unpaired) electrons. The van der Waals surface area contributed by atoms with Crippen molar-refractivity contribution in [3.8, 4) is 5.88 Å². The minimum absolute atomic E-state index is 0.0239. The number of aromatic carboxylic acids is 1. The Balaban J connectivity index is 3.35. The van der Waals surface area contributed by atoms with Crippen LogP contribution in [-0.2, 0) is 0 Å². The highest BCUT2D eigenvalue weighted by Crippen LogP contribution is 2.20. The van der Waals surface area contributed by atoms with Gasteiger partial charge in [0.1, 0.15) is 13.5 Å². The molecule has 0 spiro atoms. The number of pyridine rings is 1. The third-order valence-corrected chi connectivity index (χ3v) is 1.47. The van der Waals surface area contributed by atoms with Gasteiger partial charge in [0.25, 0.3) is 0 Å². The van der Waals surface area contributed by atoms with Crippen molar-refractivity contribution in [2.75, 3.05) is 12.8 Å². The Kier molecular flexibility index (Phi) is 2.41. The van der Waals surface area contributed by atoms with Crippen molar-refractivity contribution in [2.45, 2.75) is 0 Å². The van der Waals surface area contributed by atoms with Crippen LogP contribution in [-0.4, -0.2) is 31.0 Å². The van der Waals surface area contributed by atoms with Crippen LogP contribution in [0.1, 0.15) is 10.4 Å². The molecule has 6 heteroatoms. The maximum atomic E-state index is 10.6. The van der Waals surface area contributed by atoms with Crippen molar-refractivity contribution in [1.82, 2.24) is 4.98 Å². The van der Waals surface area contributed by atoms with Crippen molar-refractivity contribution in [2.24, 2.45) is 0 Å². The number of hydrogen-bond acceptors (Lipinski definition) is 4. The van der Waals surface area contributed by atoms with Gasteiger partial charge in [0.05, 0.1) is 12.7 Å². The normalized spacial score (nSPS) is 9.62. The molecule has 0 atom stereocenters. The van der Waals surface area contributed by atoms with E-state index in [0.29, 0.717) is 0 Å². The SMILES string of the molecule is [B]c1cc(C(=O)O)c(N)c(OC)n1. The first-order valence-corrected chi connectivity index (χ1v) is 3.39. The second-order valence-electron chi connectivity index (χ2n) is 2.32. The molecule has 1 aromatic heterocycles. The molecule has 0 aliphatic carbocycles. The maximum Gasteiger partial charge on any atom is 0.338 e. The molecule has 13 heavy (non-hydrogen) atoms. The van der Waals surface area contributed by atoms with Crippen molar-refractivity contribution < 1.29 is 14.6 Å². The van der Waals surface area contributed by atoms with E-state index in [1.165, 1.54) is 13.2 Å². The van der Waals surface area contributed by atoms with Crippen LogP contribution >= 0.6 is 0 Å². The highest BCUT2D eigenvalue weighted by atomic mass is 16.5. The van der Waals surface area contributed by atoms with Gasteiger partial charge in [0.2, 0.25) is 5.88 Å². The van der Waals surface area contributed by atoms with Crippen LogP contribution in [0.2, 0.25) is 0 Å². The summed E-state index contributed by atoms with van der Waals surface area (Å²) in [7, 11) is 6.67. The van der Waals surface area contributed by atoms with Crippen molar-refractivity contribution in [3.63, 3.8) is 0 Å². The van der Waals surface area contributed by atoms with Crippen LogP contribution in [0.25, 0.3) is 0 Å². The van der Waals surface area contributed by atoms with E-state index in [2.05, 4.69) is 4.98 Å². The molecule has 5 nitrogen and oxygen atoms in total. The molecular weight excluding hydrogens is 171 g/mol. The Morgan fingerprint density at radius 1 is 1.77 bits per heavy atom. The number of aromatic nitrogens is 1.